The molecular formula is C13H14N4O3. The number of aromatic nitrogens is 2. The van der Waals surface area contributed by atoms with Gasteiger partial charge in [0, 0.05) is 18.9 Å². The van der Waals surface area contributed by atoms with Crippen molar-refractivity contribution in [3.8, 4) is 0 Å². The molecule has 0 unspecified atom stereocenters. The van der Waals surface area contributed by atoms with E-state index < -0.39 is 5.97 Å². The minimum absolute atomic E-state index is 0.246. The quantitative estimate of drug-likeness (QED) is 0.887. The number of nitrogens with zero attached hydrogens (tertiary/aromatic N) is 3. The number of hydrogen-bond donors (Lipinski definition) is 2. The number of nitrogens with one attached hydrogen (secondary N) is 1. The number of carboxylic acids is 1. The molecule has 1 aromatic heterocycles. The predicted octanol–water partition coefficient (Wildman–Crippen LogP) is 1.64. The largest absolute Gasteiger partial charge is 0.480 e. The molecule has 0 atom stereocenters. The van der Waals surface area contributed by atoms with E-state index in [1.807, 2.05) is 30.3 Å². The maximum Gasteiger partial charge on any atom is 0.326 e. The molecule has 0 saturated heterocycles. The molecule has 2 amide bonds. The molecule has 7 heteroatoms. The molecule has 0 saturated carbocycles. The van der Waals surface area contributed by atoms with Crippen LogP contribution in [0.5, 0.6) is 0 Å². The summed E-state index contributed by atoms with van der Waals surface area (Å²) < 4.78 is 1.24. The summed E-state index contributed by atoms with van der Waals surface area (Å²) in [7, 11) is 1.65. The van der Waals surface area contributed by atoms with Crippen molar-refractivity contribution in [2.75, 3.05) is 17.3 Å². The molecule has 0 spiro atoms. The zero-order chi connectivity index (χ0) is 14.5. The van der Waals surface area contributed by atoms with Crippen molar-refractivity contribution in [1.29, 1.82) is 0 Å². The van der Waals surface area contributed by atoms with Crippen LogP contribution in [-0.2, 0) is 11.3 Å². The van der Waals surface area contributed by atoms with Crippen LogP contribution >= 0.6 is 0 Å². The lowest BCUT2D eigenvalue weighted by atomic mass is 10.3. The number of para-hydroxylation sites is 1. The zero-order valence-electron chi connectivity index (χ0n) is 10.9. The van der Waals surface area contributed by atoms with Crippen molar-refractivity contribution in [3.63, 3.8) is 0 Å². The van der Waals surface area contributed by atoms with E-state index in [9.17, 15) is 9.59 Å². The first-order chi connectivity index (χ1) is 9.56. The second-order valence-corrected chi connectivity index (χ2v) is 4.15. The predicted molar refractivity (Wildman–Crippen MR) is 73.7 cm³/mol. The third kappa shape index (κ3) is 3.35. The highest BCUT2D eigenvalue weighted by Crippen LogP contribution is 2.13. The van der Waals surface area contributed by atoms with E-state index >= 15 is 0 Å². The van der Waals surface area contributed by atoms with E-state index in [1.165, 1.54) is 22.0 Å². The van der Waals surface area contributed by atoms with Crippen molar-refractivity contribution in [3.05, 3.63) is 42.7 Å². The summed E-state index contributed by atoms with van der Waals surface area (Å²) in [5.41, 5.74) is 1.20. The molecule has 0 radical (unpaired) electrons. The summed E-state index contributed by atoms with van der Waals surface area (Å²) in [4.78, 5) is 24.0. The molecule has 0 aliphatic carbocycles. The SMILES string of the molecule is CN(C(=O)Nc1cnn(CC(=O)O)c1)c1ccccc1. The molecule has 1 aromatic carbocycles. The molecule has 2 aromatic rings. The lowest BCUT2D eigenvalue weighted by molar-refractivity contribution is -0.137. The monoisotopic (exact) mass is 274 g/mol. The minimum Gasteiger partial charge on any atom is -0.480 e. The second kappa shape index (κ2) is 5.87. The van der Waals surface area contributed by atoms with E-state index in [0.717, 1.165) is 5.69 Å². The number of anilines is 2. The Bertz CT molecular complexity index is 609. The molecule has 1 heterocycles. The Labute approximate surface area is 115 Å². The van der Waals surface area contributed by atoms with Crippen molar-refractivity contribution in [1.82, 2.24) is 9.78 Å². The van der Waals surface area contributed by atoms with E-state index in [1.54, 1.807) is 7.05 Å². The van der Waals surface area contributed by atoms with Crippen LogP contribution in [0.3, 0.4) is 0 Å². The Kier molecular flexibility index (Phi) is 3.99. The molecule has 104 valence electrons. The summed E-state index contributed by atoms with van der Waals surface area (Å²) in [6.07, 6.45) is 2.87. The van der Waals surface area contributed by atoms with Crippen molar-refractivity contribution in [2.45, 2.75) is 6.54 Å². The van der Waals surface area contributed by atoms with Crippen molar-refractivity contribution >= 4 is 23.4 Å². The smallest absolute Gasteiger partial charge is 0.326 e. The van der Waals surface area contributed by atoms with E-state index in [4.69, 9.17) is 5.11 Å². The van der Waals surface area contributed by atoms with E-state index in [0.29, 0.717) is 5.69 Å². The van der Waals surface area contributed by atoms with Crippen LogP contribution in [0.4, 0.5) is 16.2 Å². The van der Waals surface area contributed by atoms with Crippen LogP contribution in [0.25, 0.3) is 0 Å². The number of urea groups is 1. The van der Waals surface area contributed by atoms with Crippen LogP contribution in [0.15, 0.2) is 42.7 Å². The molecule has 0 aliphatic rings. The first-order valence-electron chi connectivity index (χ1n) is 5.90. The first kappa shape index (κ1) is 13.6. The summed E-state index contributed by atoms with van der Waals surface area (Å²) in [6, 6.07) is 8.84. The zero-order valence-corrected chi connectivity index (χ0v) is 10.9. The fourth-order valence-electron chi connectivity index (χ4n) is 1.63. The molecule has 7 nitrogen and oxygen atoms in total. The number of benzene rings is 1. The highest BCUT2D eigenvalue weighted by molar-refractivity contribution is 6.01. The lowest BCUT2D eigenvalue weighted by Crippen LogP contribution is -2.30. The molecule has 0 bridgehead atoms. The van der Waals surface area contributed by atoms with Crippen LogP contribution in [-0.4, -0.2) is 33.9 Å². The van der Waals surface area contributed by atoms with Gasteiger partial charge in [0.2, 0.25) is 0 Å². The number of carbonyl (C=O) groups is 2. The average molecular weight is 274 g/mol. The van der Waals surface area contributed by atoms with Gasteiger partial charge < -0.3 is 10.4 Å². The number of carboxylic acid groups (broad SMARTS) is 1. The maximum atomic E-state index is 12.0. The topological polar surface area (TPSA) is 87.5 Å². The van der Waals surface area contributed by atoms with Gasteiger partial charge in [0.25, 0.3) is 0 Å². The van der Waals surface area contributed by atoms with E-state index in [-0.39, 0.29) is 12.6 Å². The van der Waals surface area contributed by atoms with Gasteiger partial charge in [-0.3, -0.25) is 14.4 Å². The van der Waals surface area contributed by atoms with Gasteiger partial charge in [-0.2, -0.15) is 5.10 Å². The fourth-order valence-corrected chi connectivity index (χ4v) is 1.63. The standard InChI is InChI=1S/C13H14N4O3/c1-16(11-5-3-2-4-6-11)13(20)15-10-7-14-17(8-10)9-12(18)19/h2-8H,9H2,1H3,(H,15,20)(H,18,19). The molecule has 2 N–H and O–H groups in total. The highest BCUT2D eigenvalue weighted by atomic mass is 16.4. The van der Waals surface area contributed by atoms with Crippen LogP contribution in [0, 0.1) is 0 Å². The number of aliphatic carboxylic acids is 1. The lowest BCUT2D eigenvalue weighted by Gasteiger charge is -2.17. The summed E-state index contributed by atoms with van der Waals surface area (Å²) in [5, 5.41) is 15.1. The highest BCUT2D eigenvalue weighted by Gasteiger charge is 2.11. The molecule has 0 aliphatic heterocycles. The molecule has 20 heavy (non-hydrogen) atoms. The molecular weight excluding hydrogens is 260 g/mol. The van der Waals surface area contributed by atoms with Gasteiger partial charge in [-0.15, -0.1) is 0 Å². The fraction of sp³-hybridized carbons (Fsp3) is 0.154. The maximum absolute atomic E-state index is 12.0. The molecule has 2 rings (SSSR count). The van der Waals surface area contributed by atoms with Gasteiger partial charge in [-0.05, 0) is 12.1 Å². The first-order valence-corrected chi connectivity index (χ1v) is 5.90. The Hall–Kier alpha value is -2.83. The Balaban J connectivity index is 2.01. The van der Waals surface area contributed by atoms with Crippen LogP contribution in [0.1, 0.15) is 0 Å². The van der Waals surface area contributed by atoms with Crippen molar-refractivity contribution in [2.24, 2.45) is 0 Å². The van der Waals surface area contributed by atoms with Gasteiger partial charge >= 0.3 is 12.0 Å². The minimum atomic E-state index is -0.993. The van der Waals surface area contributed by atoms with Gasteiger partial charge in [0.15, 0.2) is 0 Å². The normalized spacial score (nSPS) is 10.1. The summed E-state index contributed by atoms with van der Waals surface area (Å²) in [6.45, 7) is -0.246. The number of carbonyl (C=O) groups excluding carboxylic acids is 1. The Morgan fingerprint density at radius 1 is 1.35 bits per heavy atom. The van der Waals surface area contributed by atoms with Gasteiger partial charge in [0.05, 0.1) is 11.9 Å². The second-order valence-electron chi connectivity index (χ2n) is 4.15. The summed E-state index contributed by atoms with van der Waals surface area (Å²) >= 11 is 0. The number of rotatable bonds is 4. The Morgan fingerprint density at radius 3 is 2.70 bits per heavy atom. The number of amides is 2. The number of hydrogen-bond acceptors (Lipinski definition) is 3. The molecule has 0 fully saturated rings. The Morgan fingerprint density at radius 2 is 2.05 bits per heavy atom. The van der Waals surface area contributed by atoms with Gasteiger partial charge in [-0.1, -0.05) is 18.2 Å². The summed E-state index contributed by atoms with van der Waals surface area (Å²) in [5.74, 6) is -0.993. The average Bonchev–Trinajstić information content (AvgIpc) is 2.85. The third-order valence-electron chi connectivity index (χ3n) is 2.63. The van der Waals surface area contributed by atoms with Crippen molar-refractivity contribution < 1.29 is 14.7 Å². The van der Waals surface area contributed by atoms with Gasteiger partial charge in [-0.25, -0.2) is 4.79 Å². The van der Waals surface area contributed by atoms with Crippen LogP contribution < -0.4 is 10.2 Å². The third-order valence-corrected chi connectivity index (χ3v) is 2.63. The van der Waals surface area contributed by atoms with Crippen LogP contribution in [0.2, 0.25) is 0 Å². The van der Waals surface area contributed by atoms with E-state index in [2.05, 4.69) is 10.4 Å². The van der Waals surface area contributed by atoms with Gasteiger partial charge in [0.1, 0.15) is 6.54 Å².